The highest BCUT2D eigenvalue weighted by Gasteiger charge is 2.30. The second-order valence-corrected chi connectivity index (χ2v) is 3.44. The Labute approximate surface area is 81.3 Å². The van der Waals surface area contributed by atoms with Crippen molar-refractivity contribution in [2.45, 2.75) is 18.9 Å². The number of terminal acetylenes is 1. The summed E-state index contributed by atoms with van der Waals surface area (Å²) >= 11 is 0. The highest BCUT2D eigenvalue weighted by Crippen LogP contribution is 2.36. The molecule has 1 aliphatic rings. The predicted octanol–water partition coefficient (Wildman–Crippen LogP) is -0.0387. The highest BCUT2D eigenvalue weighted by atomic mass is 16.1. The molecule has 5 heteroatoms. The Morgan fingerprint density at radius 3 is 2.93 bits per heavy atom. The molecule has 14 heavy (non-hydrogen) atoms. The third-order valence-electron chi connectivity index (χ3n) is 2.49. The molecule has 0 spiro atoms. The zero-order valence-electron chi connectivity index (χ0n) is 7.55. The molecular formula is C9H10N4O. The molecule has 1 aliphatic carbocycles. The van der Waals surface area contributed by atoms with Gasteiger partial charge in [0.15, 0.2) is 5.69 Å². The van der Waals surface area contributed by atoms with Gasteiger partial charge in [-0.3, -0.25) is 4.79 Å². The molecule has 2 rings (SSSR count). The molecule has 1 amide bonds. The lowest BCUT2D eigenvalue weighted by Gasteiger charge is -2.31. The maximum Gasteiger partial charge on any atom is 0.270 e. The normalized spacial score (nSPS) is 25.1. The summed E-state index contributed by atoms with van der Waals surface area (Å²) in [4.78, 5) is 10.7. The van der Waals surface area contributed by atoms with Crippen molar-refractivity contribution in [1.82, 2.24) is 15.0 Å². The van der Waals surface area contributed by atoms with Gasteiger partial charge in [-0.05, 0) is 12.8 Å². The van der Waals surface area contributed by atoms with E-state index in [1.54, 1.807) is 10.9 Å². The summed E-state index contributed by atoms with van der Waals surface area (Å²) in [7, 11) is 0. The third-order valence-corrected chi connectivity index (χ3v) is 2.49. The summed E-state index contributed by atoms with van der Waals surface area (Å²) < 4.78 is 1.66. The summed E-state index contributed by atoms with van der Waals surface area (Å²) in [5, 5.41) is 7.48. The summed E-state index contributed by atoms with van der Waals surface area (Å²) in [5.41, 5.74) is 5.26. The van der Waals surface area contributed by atoms with Gasteiger partial charge in [-0.15, -0.1) is 17.4 Å². The first-order valence-corrected chi connectivity index (χ1v) is 4.38. The van der Waals surface area contributed by atoms with Crippen LogP contribution in [0.4, 0.5) is 0 Å². The Morgan fingerprint density at radius 2 is 2.43 bits per heavy atom. The minimum absolute atomic E-state index is 0.203. The standard InChI is InChI=1S/C9H10N4O/c1-2-6-3-7(4-6)13-5-8(9(10)14)11-12-13/h1,5-7H,3-4H2,(H2,10,14). The molecule has 1 aromatic rings. The van der Waals surface area contributed by atoms with Gasteiger partial charge in [0.1, 0.15) is 0 Å². The molecule has 1 heterocycles. The van der Waals surface area contributed by atoms with E-state index in [9.17, 15) is 4.79 Å². The van der Waals surface area contributed by atoms with Crippen molar-refractivity contribution < 1.29 is 4.79 Å². The topological polar surface area (TPSA) is 73.8 Å². The zero-order valence-corrected chi connectivity index (χ0v) is 7.55. The van der Waals surface area contributed by atoms with Crippen molar-refractivity contribution >= 4 is 5.91 Å². The smallest absolute Gasteiger partial charge is 0.270 e. The van der Waals surface area contributed by atoms with E-state index in [0.29, 0.717) is 5.92 Å². The van der Waals surface area contributed by atoms with Crippen LogP contribution in [0.15, 0.2) is 6.20 Å². The van der Waals surface area contributed by atoms with Gasteiger partial charge in [0, 0.05) is 5.92 Å². The van der Waals surface area contributed by atoms with Gasteiger partial charge in [-0.25, -0.2) is 4.68 Å². The number of nitrogens with zero attached hydrogens (tertiary/aromatic N) is 3. The minimum Gasteiger partial charge on any atom is -0.364 e. The molecule has 1 aromatic heterocycles. The lowest BCUT2D eigenvalue weighted by molar-refractivity contribution is 0.0995. The maximum atomic E-state index is 10.7. The van der Waals surface area contributed by atoms with Crippen LogP contribution < -0.4 is 5.73 Å². The van der Waals surface area contributed by atoms with E-state index < -0.39 is 5.91 Å². The van der Waals surface area contributed by atoms with Gasteiger partial charge in [-0.1, -0.05) is 5.21 Å². The van der Waals surface area contributed by atoms with Gasteiger partial charge in [0.05, 0.1) is 12.2 Å². The van der Waals surface area contributed by atoms with Crippen molar-refractivity contribution in [1.29, 1.82) is 0 Å². The van der Waals surface area contributed by atoms with Gasteiger partial charge in [0.2, 0.25) is 0 Å². The van der Waals surface area contributed by atoms with Crippen molar-refractivity contribution in [2.75, 3.05) is 0 Å². The van der Waals surface area contributed by atoms with E-state index in [2.05, 4.69) is 16.2 Å². The number of hydrogen-bond acceptors (Lipinski definition) is 3. The second kappa shape index (κ2) is 3.14. The number of nitrogens with two attached hydrogens (primary N) is 1. The van der Waals surface area contributed by atoms with Crippen molar-refractivity contribution in [3.63, 3.8) is 0 Å². The fourth-order valence-electron chi connectivity index (χ4n) is 1.51. The van der Waals surface area contributed by atoms with E-state index in [0.717, 1.165) is 12.8 Å². The average Bonchev–Trinajstić information content (AvgIpc) is 2.51. The molecule has 0 atom stereocenters. The minimum atomic E-state index is -0.552. The van der Waals surface area contributed by atoms with Gasteiger partial charge >= 0.3 is 0 Å². The van der Waals surface area contributed by atoms with Crippen molar-refractivity contribution in [2.24, 2.45) is 11.7 Å². The Kier molecular flexibility index (Phi) is 1.97. The molecular weight excluding hydrogens is 180 g/mol. The lowest BCUT2D eigenvalue weighted by Crippen LogP contribution is -2.26. The highest BCUT2D eigenvalue weighted by molar-refractivity contribution is 5.90. The van der Waals surface area contributed by atoms with Crippen LogP contribution in [-0.4, -0.2) is 20.9 Å². The van der Waals surface area contributed by atoms with Crippen LogP contribution in [0.25, 0.3) is 0 Å². The number of rotatable bonds is 2. The number of amides is 1. The van der Waals surface area contributed by atoms with Gasteiger partial charge in [-0.2, -0.15) is 0 Å². The third kappa shape index (κ3) is 1.35. The molecule has 2 N–H and O–H groups in total. The summed E-state index contributed by atoms with van der Waals surface area (Å²) in [6.45, 7) is 0. The molecule has 5 nitrogen and oxygen atoms in total. The van der Waals surface area contributed by atoms with Gasteiger partial charge < -0.3 is 5.73 Å². The molecule has 0 radical (unpaired) electrons. The molecule has 0 unspecified atom stereocenters. The van der Waals surface area contributed by atoms with Crippen LogP contribution in [0.2, 0.25) is 0 Å². The molecule has 0 aliphatic heterocycles. The molecule has 72 valence electrons. The van der Waals surface area contributed by atoms with Crippen LogP contribution in [0.3, 0.4) is 0 Å². The summed E-state index contributed by atoms with van der Waals surface area (Å²) in [6, 6.07) is 0.275. The quantitative estimate of drug-likeness (QED) is 0.665. The molecule has 1 saturated carbocycles. The number of primary amides is 1. The molecule has 1 fully saturated rings. The van der Waals surface area contributed by atoms with E-state index in [4.69, 9.17) is 12.2 Å². The lowest BCUT2D eigenvalue weighted by atomic mass is 9.81. The SMILES string of the molecule is C#CC1CC(n2cc(C(N)=O)nn2)C1. The van der Waals surface area contributed by atoms with Crippen molar-refractivity contribution in [3.05, 3.63) is 11.9 Å². The van der Waals surface area contributed by atoms with E-state index in [1.165, 1.54) is 0 Å². The Morgan fingerprint density at radius 1 is 1.71 bits per heavy atom. The maximum absolute atomic E-state index is 10.7. The molecule has 0 bridgehead atoms. The van der Waals surface area contributed by atoms with E-state index in [1.807, 2.05) is 0 Å². The first-order valence-electron chi connectivity index (χ1n) is 4.38. The monoisotopic (exact) mass is 190 g/mol. The fourth-order valence-corrected chi connectivity index (χ4v) is 1.51. The summed E-state index contributed by atoms with van der Waals surface area (Å²) in [6.07, 6.45) is 8.63. The average molecular weight is 190 g/mol. The van der Waals surface area contributed by atoms with Crippen LogP contribution in [-0.2, 0) is 0 Å². The van der Waals surface area contributed by atoms with Crippen molar-refractivity contribution in [3.8, 4) is 12.3 Å². The number of aromatic nitrogens is 3. The predicted molar refractivity (Wildman–Crippen MR) is 49.1 cm³/mol. The van der Waals surface area contributed by atoms with Gasteiger partial charge in [0.25, 0.3) is 5.91 Å². The number of carbonyl (C=O) groups excluding carboxylic acids is 1. The van der Waals surface area contributed by atoms with Crippen LogP contribution >= 0.6 is 0 Å². The van der Waals surface area contributed by atoms with E-state index in [-0.39, 0.29) is 11.7 Å². The first kappa shape index (κ1) is 8.75. The number of carbonyl (C=O) groups is 1. The first-order chi connectivity index (χ1) is 6.70. The molecule has 0 saturated heterocycles. The van der Waals surface area contributed by atoms with Crippen LogP contribution in [0, 0.1) is 18.3 Å². The van der Waals surface area contributed by atoms with E-state index >= 15 is 0 Å². The Bertz CT molecular complexity index is 397. The summed E-state index contributed by atoms with van der Waals surface area (Å²) in [5.74, 6) is 2.46. The molecule has 0 aromatic carbocycles. The Balaban J connectivity index is 2.05. The van der Waals surface area contributed by atoms with Crippen LogP contribution in [0.5, 0.6) is 0 Å². The zero-order chi connectivity index (χ0) is 10.1. The number of hydrogen-bond donors (Lipinski definition) is 1. The second-order valence-electron chi connectivity index (χ2n) is 3.44. The fraction of sp³-hybridized carbons (Fsp3) is 0.444. The largest absolute Gasteiger partial charge is 0.364 e. The van der Waals surface area contributed by atoms with Crippen LogP contribution in [0.1, 0.15) is 29.4 Å². The Hall–Kier alpha value is -1.83.